The largest absolute Gasteiger partial charge is 0.488 e. The highest BCUT2D eigenvalue weighted by Crippen LogP contribution is 2.09. The summed E-state index contributed by atoms with van der Waals surface area (Å²) >= 11 is 0. The van der Waals surface area contributed by atoms with Crippen LogP contribution >= 0.6 is 0 Å². The van der Waals surface area contributed by atoms with Crippen molar-refractivity contribution in [2.75, 3.05) is 26.4 Å². The maximum absolute atomic E-state index is 11.9. The van der Waals surface area contributed by atoms with Gasteiger partial charge in [-0.1, -0.05) is 12.1 Å². The predicted molar refractivity (Wildman–Crippen MR) is 66.9 cm³/mol. The molecule has 0 aliphatic heterocycles. The van der Waals surface area contributed by atoms with E-state index in [9.17, 15) is 8.42 Å². The normalized spacial score (nSPS) is 11.8. The molecule has 0 amide bonds. The van der Waals surface area contributed by atoms with Crippen LogP contribution in [0.25, 0.3) is 0 Å². The molecule has 0 aliphatic carbocycles. The van der Waals surface area contributed by atoms with Gasteiger partial charge in [-0.25, -0.2) is 8.42 Å². The van der Waals surface area contributed by atoms with Crippen LogP contribution in [0, 0.1) is 0 Å². The van der Waals surface area contributed by atoms with Crippen molar-refractivity contribution in [1.29, 1.82) is 0 Å². The first-order valence-electron chi connectivity index (χ1n) is 5.16. The van der Waals surface area contributed by atoms with E-state index in [4.69, 9.17) is 10.0 Å². The van der Waals surface area contributed by atoms with Gasteiger partial charge >= 0.3 is 7.12 Å². The second kappa shape index (κ2) is 5.64. The van der Waals surface area contributed by atoms with Crippen molar-refractivity contribution in [1.82, 2.24) is 4.90 Å². The topological polar surface area (TPSA) is 77.8 Å². The zero-order chi connectivity index (χ0) is 13.1. The van der Waals surface area contributed by atoms with E-state index in [2.05, 4.69) is 0 Å². The summed E-state index contributed by atoms with van der Waals surface area (Å²) in [6.45, 7) is 0.451. The van der Waals surface area contributed by atoms with E-state index in [-0.39, 0.29) is 16.1 Å². The van der Waals surface area contributed by atoms with Gasteiger partial charge in [-0.15, -0.1) is 0 Å². The highest BCUT2D eigenvalue weighted by atomic mass is 32.2. The molecule has 5 nitrogen and oxygen atoms in total. The third-order valence-electron chi connectivity index (χ3n) is 2.34. The monoisotopic (exact) mass is 257 g/mol. The van der Waals surface area contributed by atoms with Gasteiger partial charge in [0.25, 0.3) is 0 Å². The van der Waals surface area contributed by atoms with Gasteiger partial charge in [0.2, 0.25) is 0 Å². The molecule has 0 spiro atoms. The van der Waals surface area contributed by atoms with E-state index >= 15 is 0 Å². The molecule has 0 aliphatic rings. The summed E-state index contributed by atoms with van der Waals surface area (Å²) in [7, 11) is -1.27. The lowest BCUT2D eigenvalue weighted by Gasteiger charge is -2.10. The number of rotatable bonds is 5. The number of benzene rings is 1. The lowest BCUT2D eigenvalue weighted by molar-refractivity contribution is 0.425. The Morgan fingerprint density at radius 3 is 2.12 bits per heavy atom. The zero-order valence-corrected chi connectivity index (χ0v) is 10.7. The van der Waals surface area contributed by atoms with Gasteiger partial charge in [-0.2, -0.15) is 0 Å². The van der Waals surface area contributed by atoms with Crippen molar-refractivity contribution in [2.45, 2.75) is 4.90 Å². The molecule has 0 unspecified atom stereocenters. The van der Waals surface area contributed by atoms with Gasteiger partial charge in [0.1, 0.15) is 0 Å². The maximum Gasteiger partial charge on any atom is 0.488 e. The summed E-state index contributed by atoms with van der Waals surface area (Å²) in [5, 5.41) is 17.8. The number of hydrogen-bond donors (Lipinski definition) is 2. The SMILES string of the molecule is CN(C)CCS(=O)(=O)c1ccc(B(O)O)cc1. The van der Waals surface area contributed by atoms with Crippen molar-refractivity contribution in [3.63, 3.8) is 0 Å². The van der Waals surface area contributed by atoms with Gasteiger partial charge in [-0.3, -0.25) is 0 Å². The van der Waals surface area contributed by atoms with Crippen LogP contribution in [0.2, 0.25) is 0 Å². The van der Waals surface area contributed by atoms with Crippen LogP contribution in [0.15, 0.2) is 29.2 Å². The minimum absolute atomic E-state index is 0.0427. The fourth-order valence-corrected chi connectivity index (χ4v) is 2.66. The van der Waals surface area contributed by atoms with Crippen LogP contribution in [0.5, 0.6) is 0 Å². The van der Waals surface area contributed by atoms with E-state index in [1.54, 1.807) is 19.0 Å². The molecule has 0 heterocycles. The number of nitrogens with zero attached hydrogens (tertiary/aromatic N) is 1. The van der Waals surface area contributed by atoms with Crippen molar-refractivity contribution < 1.29 is 18.5 Å². The van der Waals surface area contributed by atoms with E-state index in [0.717, 1.165) is 0 Å². The average molecular weight is 257 g/mol. The fraction of sp³-hybridized carbons (Fsp3) is 0.400. The molecule has 17 heavy (non-hydrogen) atoms. The molecule has 0 bridgehead atoms. The van der Waals surface area contributed by atoms with Gasteiger partial charge in [-0.05, 0) is 31.7 Å². The van der Waals surface area contributed by atoms with Crippen LogP contribution in [-0.4, -0.2) is 56.9 Å². The van der Waals surface area contributed by atoms with E-state index < -0.39 is 17.0 Å². The minimum atomic E-state index is -3.30. The molecular weight excluding hydrogens is 241 g/mol. The molecule has 0 aromatic heterocycles. The molecule has 7 heteroatoms. The highest BCUT2D eigenvalue weighted by molar-refractivity contribution is 7.91. The summed E-state index contributed by atoms with van der Waals surface area (Å²) in [5.41, 5.74) is 0.275. The zero-order valence-electron chi connectivity index (χ0n) is 9.87. The highest BCUT2D eigenvalue weighted by Gasteiger charge is 2.16. The standard InChI is InChI=1S/C10H16BNO4S/c1-12(2)7-8-17(15,16)10-5-3-9(4-6-10)11(13)14/h3-6,13-14H,7-8H2,1-2H3. The van der Waals surface area contributed by atoms with Crippen molar-refractivity contribution in [2.24, 2.45) is 0 Å². The summed E-state index contributed by atoms with van der Waals surface area (Å²) in [6, 6.07) is 5.57. The molecule has 0 radical (unpaired) electrons. The Kier molecular flexibility index (Phi) is 4.70. The van der Waals surface area contributed by atoms with Crippen LogP contribution in [0.4, 0.5) is 0 Å². The quantitative estimate of drug-likeness (QED) is 0.641. The van der Waals surface area contributed by atoms with Crippen LogP contribution < -0.4 is 5.46 Å². The fourth-order valence-electron chi connectivity index (χ4n) is 1.27. The second-order valence-electron chi connectivity index (χ2n) is 4.06. The lowest BCUT2D eigenvalue weighted by Crippen LogP contribution is -2.29. The second-order valence-corrected chi connectivity index (χ2v) is 6.17. The van der Waals surface area contributed by atoms with E-state index in [0.29, 0.717) is 6.54 Å². The molecule has 94 valence electrons. The Balaban J connectivity index is 2.85. The Bertz CT molecular complexity index is 456. The average Bonchev–Trinajstić information content (AvgIpc) is 2.27. The van der Waals surface area contributed by atoms with E-state index in [1.165, 1.54) is 24.3 Å². The Labute approximate surface area is 102 Å². The van der Waals surface area contributed by atoms with Gasteiger partial charge in [0.05, 0.1) is 10.6 Å². The third-order valence-corrected chi connectivity index (χ3v) is 4.06. The van der Waals surface area contributed by atoms with Crippen LogP contribution in [0.1, 0.15) is 0 Å². The molecule has 1 aromatic carbocycles. The molecule has 0 saturated carbocycles. The summed E-state index contributed by atoms with van der Waals surface area (Å²) in [4.78, 5) is 1.99. The lowest BCUT2D eigenvalue weighted by atomic mass is 9.81. The van der Waals surface area contributed by atoms with E-state index in [1.807, 2.05) is 0 Å². The molecule has 1 rings (SSSR count). The van der Waals surface area contributed by atoms with Gasteiger partial charge in [0.15, 0.2) is 9.84 Å². The first kappa shape index (κ1) is 14.2. The smallest absolute Gasteiger partial charge is 0.423 e. The first-order chi connectivity index (χ1) is 7.83. The Morgan fingerprint density at radius 1 is 1.18 bits per heavy atom. The summed E-state index contributed by atoms with van der Waals surface area (Å²) < 4.78 is 23.7. The number of hydrogen-bond acceptors (Lipinski definition) is 5. The Morgan fingerprint density at radius 2 is 1.71 bits per heavy atom. The Hall–Kier alpha value is -0.885. The molecule has 0 saturated heterocycles. The maximum atomic E-state index is 11.9. The summed E-state index contributed by atoms with van der Waals surface area (Å²) in [5.74, 6) is 0.0427. The van der Waals surface area contributed by atoms with Crippen molar-refractivity contribution in [3.05, 3.63) is 24.3 Å². The third kappa shape index (κ3) is 4.12. The van der Waals surface area contributed by atoms with Crippen LogP contribution in [-0.2, 0) is 9.84 Å². The predicted octanol–water partition coefficient (Wildman–Crippen LogP) is -1.30. The van der Waals surface area contributed by atoms with Gasteiger partial charge in [0, 0.05) is 6.54 Å². The molecular formula is C10H16BNO4S. The first-order valence-corrected chi connectivity index (χ1v) is 6.82. The molecule has 0 fully saturated rings. The molecule has 1 aromatic rings. The molecule has 0 atom stereocenters. The van der Waals surface area contributed by atoms with Crippen molar-refractivity contribution >= 4 is 22.4 Å². The number of sulfone groups is 1. The van der Waals surface area contributed by atoms with Gasteiger partial charge < -0.3 is 14.9 Å². The summed E-state index contributed by atoms with van der Waals surface area (Å²) in [6.07, 6.45) is 0. The van der Waals surface area contributed by atoms with Crippen LogP contribution in [0.3, 0.4) is 0 Å². The molecule has 2 N–H and O–H groups in total. The van der Waals surface area contributed by atoms with Crippen molar-refractivity contribution in [3.8, 4) is 0 Å². The minimum Gasteiger partial charge on any atom is -0.423 e.